The maximum atomic E-state index is 5.97. The number of fused-ring (bicyclic) bond motifs is 1. The zero-order chi connectivity index (χ0) is 25.5. The summed E-state index contributed by atoms with van der Waals surface area (Å²) in [6, 6.07) is 27.0. The predicted octanol–water partition coefficient (Wildman–Crippen LogP) is 6.29. The van der Waals surface area contributed by atoms with Crippen LogP contribution >= 0.6 is 0 Å². The van der Waals surface area contributed by atoms with Crippen LogP contribution in [0.25, 0.3) is 10.9 Å². The van der Waals surface area contributed by atoms with Gasteiger partial charge in [-0.1, -0.05) is 42.5 Å². The molecule has 0 unspecified atom stereocenters. The molecule has 0 saturated heterocycles. The van der Waals surface area contributed by atoms with Crippen LogP contribution in [0.1, 0.15) is 31.2 Å². The zero-order valence-corrected chi connectivity index (χ0v) is 21.9. The third kappa shape index (κ3) is 6.77. The highest BCUT2D eigenvalue weighted by atomic mass is 16.5. The summed E-state index contributed by atoms with van der Waals surface area (Å²) in [6.07, 6.45) is 5.74. The van der Waals surface area contributed by atoms with Crippen molar-refractivity contribution in [3.05, 3.63) is 84.4 Å². The molecule has 1 fully saturated rings. The van der Waals surface area contributed by atoms with Crippen molar-refractivity contribution >= 4 is 22.7 Å². The zero-order valence-electron chi connectivity index (χ0n) is 21.9. The van der Waals surface area contributed by atoms with Crippen molar-refractivity contribution in [1.29, 1.82) is 0 Å². The molecule has 4 aromatic rings. The van der Waals surface area contributed by atoms with E-state index in [0.29, 0.717) is 6.04 Å². The molecule has 1 aliphatic carbocycles. The van der Waals surface area contributed by atoms with Crippen molar-refractivity contribution in [3.8, 4) is 11.5 Å². The Balaban J connectivity index is 1.05. The summed E-state index contributed by atoms with van der Waals surface area (Å²) >= 11 is 0. The van der Waals surface area contributed by atoms with E-state index in [0.717, 1.165) is 72.4 Å². The summed E-state index contributed by atoms with van der Waals surface area (Å²) in [4.78, 5) is 11.7. The quantitative estimate of drug-likeness (QED) is 0.252. The lowest BCUT2D eigenvalue weighted by molar-refractivity contribution is 0.325. The summed E-state index contributed by atoms with van der Waals surface area (Å²) in [6.45, 7) is 2.05. The average Bonchev–Trinajstić information content (AvgIpc) is 2.92. The van der Waals surface area contributed by atoms with Crippen LogP contribution in [-0.2, 0) is 6.42 Å². The van der Waals surface area contributed by atoms with Crippen LogP contribution < -0.4 is 20.3 Å². The molecule has 37 heavy (non-hydrogen) atoms. The summed E-state index contributed by atoms with van der Waals surface area (Å²) in [5.41, 5.74) is 2.28. The number of nitrogens with one attached hydrogen (secondary N) is 2. The van der Waals surface area contributed by atoms with Gasteiger partial charge in [0.1, 0.15) is 17.3 Å². The summed E-state index contributed by atoms with van der Waals surface area (Å²) in [5, 5.41) is 8.39. The van der Waals surface area contributed by atoms with Crippen LogP contribution in [0.5, 0.6) is 11.5 Å². The maximum absolute atomic E-state index is 5.97. The lowest BCUT2D eigenvalue weighted by Crippen LogP contribution is -2.32. The Bertz CT molecular complexity index is 1290. The standard InChI is InChI=1S/C31H37N5O/c1-36(2)30-28-13-6-7-14-29(28)34-31(35-30)33-25-17-15-24(16-18-25)22-32-20-19-23-9-8-12-27(21-23)37-26-10-4-3-5-11-26/h3-14,21,24-25,32H,15-20,22H2,1-2H3,(H,33,34,35). The summed E-state index contributed by atoms with van der Waals surface area (Å²) in [5.74, 6) is 4.18. The van der Waals surface area contributed by atoms with Crippen molar-refractivity contribution < 1.29 is 4.74 Å². The highest BCUT2D eigenvalue weighted by molar-refractivity contribution is 5.90. The molecule has 1 saturated carbocycles. The van der Waals surface area contributed by atoms with Crippen LogP contribution in [0.3, 0.4) is 0 Å². The van der Waals surface area contributed by atoms with Gasteiger partial charge >= 0.3 is 0 Å². The van der Waals surface area contributed by atoms with E-state index in [-0.39, 0.29) is 0 Å². The first-order valence-electron chi connectivity index (χ1n) is 13.4. The molecule has 6 nitrogen and oxygen atoms in total. The molecule has 0 spiro atoms. The van der Waals surface area contributed by atoms with Gasteiger partial charge < -0.3 is 20.3 Å². The highest BCUT2D eigenvalue weighted by Gasteiger charge is 2.22. The lowest BCUT2D eigenvalue weighted by Gasteiger charge is -2.29. The van der Waals surface area contributed by atoms with Crippen LogP contribution in [0, 0.1) is 5.92 Å². The normalized spacial score (nSPS) is 17.5. The molecule has 3 aromatic carbocycles. The third-order valence-electron chi connectivity index (χ3n) is 7.09. The molecule has 1 aliphatic rings. The second kappa shape index (κ2) is 12.1. The minimum atomic E-state index is 0.430. The van der Waals surface area contributed by atoms with Crippen LogP contribution in [0.4, 0.5) is 11.8 Å². The van der Waals surface area contributed by atoms with Gasteiger partial charge in [-0.05, 0) is 93.1 Å². The molecular formula is C31H37N5O. The van der Waals surface area contributed by atoms with Gasteiger partial charge in [-0.15, -0.1) is 0 Å². The molecular weight excluding hydrogens is 458 g/mol. The van der Waals surface area contributed by atoms with E-state index in [1.807, 2.05) is 62.6 Å². The Hall–Kier alpha value is -3.64. The number of rotatable bonds is 10. The van der Waals surface area contributed by atoms with Gasteiger partial charge in [-0.3, -0.25) is 0 Å². The monoisotopic (exact) mass is 495 g/mol. The molecule has 0 bridgehead atoms. The molecule has 1 heterocycles. The third-order valence-corrected chi connectivity index (χ3v) is 7.09. The number of anilines is 2. The smallest absolute Gasteiger partial charge is 0.225 e. The number of aromatic nitrogens is 2. The second-order valence-electron chi connectivity index (χ2n) is 10.2. The van der Waals surface area contributed by atoms with E-state index in [4.69, 9.17) is 14.7 Å². The van der Waals surface area contributed by atoms with E-state index < -0.39 is 0 Å². The van der Waals surface area contributed by atoms with Gasteiger partial charge in [-0.25, -0.2) is 4.98 Å². The molecule has 0 aliphatic heterocycles. The minimum absolute atomic E-state index is 0.430. The van der Waals surface area contributed by atoms with Gasteiger partial charge in [0, 0.05) is 25.5 Å². The largest absolute Gasteiger partial charge is 0.457 e. The van der Waals surface area contributed by atoms with Crippen LogP contribution in [-0.4, -0.2) is 43.2 Å². The topological polar surface area (TPSA) is 62.3 Å². The van der Waals surface area contributed by atoms with Crippen molar-refractivity contribution in [3.63, 3.8) is 0 Å². The number of hydrogen-bond acceptors (Lipinski definition) is 6. The lowest BCUT2D eigenvalue weighted by atomic mass is 9.86. The van der Waals surface area contributed by atoms with E-state index in [1.54, 1.807) is 0 Å². The van der Waals surface area contributed by atoms with Crippen molar-refractivity contribution in [2.75, 3.05) is 37.4 Å². The molecule has 0 amide bonds. The van der Waals surface area contributed by atoms with E-state index in [9.17, 15) is 0 Å². The van der Waals surface area contributed by atoms with Crippen LogP contribution in [0.15, 0.2) is 78.9 Å². The van der Waals surface area contributed by atoms with E-state index >= 15 is 0 Å². The summed E-state index contributed by atoms with van der Waals surface area (Å²) < 4.78 is 5.97. The van der Waals surface area contributed by atoms with Gasteiger partial charge in [-0.2, -0.15) is 4.98 Å². The SMILES string of the molecule is CN(C)c1nc(NC2CCC(CNCCc3cccc(Oc4ccccc4)c3)CC2)nc2ccccc12. The van der Waals surface area contributed by atoms with Gasteiger partial charge in [0.2, 0.25) is 5.95 Å². The molecule has 0 atom stereocenters. The molecule has 2 N–H and O–H groups in total. The Labute approximate surface area is 220 Å². The molecule has 5 rings (SSSR count). The van der Waals surface area contributed by atoms with Crippen molar-refractivity contribution in [2.24, 2.45) is 5.92 Å². The Kier molecular flexibility index (Phi) is 8.16. The fraction of sp³-hybridized carbons (Fsp3) is 0.355. The number of hydrogen-bond donors (Lipinski definition) is 2. The minimum Gasteiger partial charge on any atom is -0.457 e. The Morgan fingerprint density at radius 1 is 0.838 bits per heavy atom. The number of benzene rings is 3. The maximum Gasteiger partial charge on any atom is 0.225 e. The van der Waals surface area contributed by atoms with Gasteiger partial charge in [0.15, 0.2) is 0 Å². The second-order valence-corrected chi connectivity index (χ2v) is 10.2. The van der Waals surface area contributed by atoms with E-state index in [2.05, 4.69) is 45.9 Å². The Morgan fingerprint density at radius 2 is 1.59 bits per heavy atom. The fourth-order valence-corrected chi connectivity index (χ4v) is 5.09. The molecule has 192 valence electrons. The number of ether oxygens (including phenoxy) is 1. The summed E-state index contributed by atoms with van der Waals surface area (Å²) in [7, 11) is 4.07. The average molecular weight is 496 g/mol. The molecule has 1 aromatic heterocycles. The van der Waals surface area contributed by atoms with Crippen molar-refractivity contribution in [2.45, 2.75) is 38.1 Å². The van der Waals surface area contributed by atoms with Crippen LogP contribution in [0.2, 0.25) is 0 Å². The fourth-order valence-electron chi connectivity index (χ4n) is 5.09. The highest BCUT2D eigenvalue weighted by Crippen LogP contribution is 2.28. The predicted molar refractivity (Wildman–Crippen MR) is 153 cm³/mol. The Morgan fingerprint density at radius 3 is 2.41 bits per heavy atom. The number of para-hydroxylation sites is 2. The number of nitrogens with zero attached hydrogens (tertiary/aromatic N) is 3. The molecule has 0 radical (unpaired) electrons. The van der Waals surface area contributed by atoms with Gasteiger partial charge in [0.25, 0.3) is 0 Å². The van der Waals surface area contributed by atoms with E-state index in [1.165, 1.54) is 18.4 Å². The van der Waals surface area contributed by atoms with Crippen molar-refractivity contribution in [1.82, 2.24) is 15.3 Å². The first-order valence-corrected chi connectivity index (χ1v) is 13.4. The first-order chi connectivity index (χ1) is 18.1. The molecule has 6 heteroatoms. The first kappa shape index (κ1) is 25.0. The van der Waals surface area contributed by atoms with Gasteiger partial charge in [0.05, 0.1) is 5.52 Å².